The predicted molar refractivity (Wildman–Crippen MR) is 85.4 cm³/mol. The first-order chi connectivity index (χ1) is 11.1. The lowest BCUT2D eigenvalue weighted by molar-refractivity contribution is -0.136. The van der Waals surface area contributed by atoms with E-state index in [0.717, 1.165) is 5.56 Å². The van der Waals surface area contributed by atoms with Crippen molar-refractivity contribution < 1.29 is 19.8 Å². The summed E-state index contributed by atoms with van der Waals surface area (Å²) < 4.78 is 0. The second kappa shape index (κ2) is 7.74. The van der Waals surface area contributed by atoms with Crippen molar-refractivity contribution in [2.75, 3.05) is 0 Å². The lowest BCUT2D eigenvalue weighted by Gasteiger charge is -2.06. The summed E-state index contributed by atoms with van der Waals surface area (Å²) in [5.74, 6) is -1.30. The molecule has 0 aliphatic rings. The number of nitrogens with one attached hydrogen (secondary N) is 1. The smallest absolute Gasteiger partial charge is 0.303 e. The van der Waals surface area contributed by atoms with Crippen molar-refractivity contribution in [3.8, 4) is 5.75 Å². The number of carbonyl (C=O) groups excluding carboxylic acids is 1. The number of hydrogen-bond acceptors (Lipinski definition) is 4. The van der Waals surface area contributed by atoms with Crippen LogP contribution in [0.5, 0.6) is 5.75 Å². The third kappa shape index (κ3) is 4.96. The number of phenolic OH excluding ortho intramolecular Hbond substituents is 1. The van der Waals surface area contributed by atoms with Crippen LogP contribution in [0.3, 0.4) is 0 Å². The number of carboxylic acid groups (broad SMARTS) is 1. The van der Waals surface area contributed by atoms with Gasteiger partial charge in [0.2, 0.25) is 0 Å². The molecule has 0 saturated heterocycles. The van der Waals surface area contributed by atoms with E-state index in [4.69, 9.17) is 5.11 Å². The van der Waals surface area contributed by atoms with Gasteiger partial charge >= 0.3 is 5.97 Å². The standard InChI is InChI=1S/C17H16N2O4/c20-14-8-6-13(7-9-14)17(23)19-18-15(10-11-16(21)22)12-4-2-1-3-5-12/h1-9,20H,10-11H2,(H,19,23)(H,21,22)/b18-15+. The van der Waals surface area contributed by atoms with Crippen LogP contribution in [-0.2, 0) is 4.79 Å². The maximum Gasteiger partial charge on any atom is 0.303 e. The quantitative estimate of drug-likeness (QED) is 0.563. The minimum absolute atomic E-state index is 0.0662. The monoisotopic (exact) mass is 312 g/mol. The van der Waals surface area contributed by atoms with Gasteiger partial charge in [-0.15, -0.1) is 0 Å². The van der Waals surface area contributed by atoms with Crippen LogP contribution >= 0.6 is 0 Å². The fourth-order valence-electron chi connectivity index (χ4n) is 1.92. The number of nitrogens with zero attached hydrogens (tertiary/aromatic N) is 1. The summed E-state index contributed by atoms with van der Waals surface area (Å²) in [6.07, 6.45) is 0.123. The van der Waals surface area contributed by atoms with E-state index < -0.39 is 11.9 Å². The van der Waals surface area contributed by atoms with Crippen LogP contribution in [-0.4, -0.2) is 27.8 Å². The molecule has 0 heterocycles. The molecular weight excluding hydrogens is 296 g/mol. The third-order valence-electron chi connectivity index (χ3n) is 3.10. The van der Waals surface area contributed by atoms with E-state index in [1.54, 1.807) is 12.1 Å². The molecule has 0 aliphatic heterocycles. The molecule has 2 rings (SSSR count). The molecule has 23 heavy (non-hydrogen) atoms. The van der Waals surface area contributed by atoms with E-state index in [1.807, 2.05) is 18.2 Å². The molecule has 0 bridgehead atoms. The minimum Gasteiger partial charge on any atom is -0.508 e. The van der Waals surface area contributed by atoms with Gasteiger partial charge in [-0.2, -0.15) is 5.10 Å². The van der Waals surface area contributed by atoms with Gasteiger partial charge in [-0.05, 0) is 29.8 Å². The van der Waals surface area contributed by atoms with Crippen molar-refractivity contribution in [1.82, 2.24) is 5.43 Å². The van der Waals surface area contributed by atoms with Crippen molar-refractivity contribution in [3.05, 3.63) is 65.7 Å². The van der Waals surface area contributed by atoms with E-state index in [-0.39, 0.29) is 18.6 Å². The van der Waals surface area contributed by atoms with Gasteiger partial charge in [-0.25, -0.2) is 5.43 Å². The zero-order chi connectivity index (χ0) is 16.7. The number of carbonyl (C=O) groups is 2. The second-order valence-corrected chi connectivity index (χ2v) is 4.81. The highest BCUT2D eigenvalue weighted by Crippen LogP contribution is 2.10. The molecule has 0 spiro atoms. The molecule has 0 radical (unpaired) electrons. The Kier molecular flexibility index (Phi) is 5.46. The van der Waals surface area contributed by atoms with Crippen molar-refractivity contribution in [1.29, 1.82) is 0 Å². The highest BCUT2D eigenvalue weighted by atomic mass is 16.4. The normalized spacial score (nSPS) is 11.0. The van der Waals surface area contributed by atoms with Crippen molar-refractivity contribution in [2.45, 2.75) is 12.8 Å². The number of phenols is 1. The second-order valence-electron chi connectivity index (χ2n) is 4.81. The Bertz CT molecular complexity index is 709. The van der Waals surface area contributed by atoms with Gasteiger partial charge in [0.05, 0.1) is 12.1 Å². The van der Waals surface area contributed by atoms with Crippen molar-refractivity contribution in [2.24, 2.45) is 5.10 Å². The Morgan fingerprint density at radius 2 is 1.57 bits per heavy atom. The van der Waals surface area contributed by atoms with E-state index in [2.05, 4.69) is 10.5 Å². The molecule has 0 unspecified atom stereocenters. The summed E-state index contributed by atoms with van der Waals surface area (Å²) in [5.41, 5.74) is 4.00. The van der Waals surface area contributed by atoms with Crippen LogP contribution in [0.15, 0.2) is 59.7 Å². The SMILES string of the molecule is O=C(O)CC/C(=N\NC(=O)c1ccc(O)cc1)c1ccccc1. The maximum atomic E-state index is 12.0. The number of hydrogen-bond donors (Lipinski definition) is 3. The number of aromatic hydroxyl groups is 1. The summed E-state index contributed by atoms with van der Waals surface area (Å²) >= 11 is 0. The molecule has 0 aliphatic carbocycles. The fourth-order valence-corrected chi connectivity index (χ4v) is 1.92. The Morgan fingerprint density at radius 1 is 0.913 bits per heavy atom. The van der Waals surface area contributed by atoms with Gasteiger partial charge in [0.15, 0.2) is 0 Å². The first-order valence-corrected chi connectivity index (χ1v) is 6.99. The summed E-state index contributed by atoms with van der Waals surface area (Å²) in [5, 5.41) is 22.1. The summed E-state index contributed by atoms with van der Waals surface area (Å²) in [7, 11) is 0. The van der Waals surface area contributed by atoms with Gasteiger partial charge in [0.1, 0.15) is 5.75 Å². The van der Waals surface area contributed by atoms with Gasteiger partial charge in [-0.3, -0.25) is 9.59 Å². The summed E-state index contributed by atoms with van der Waals surface area (Å²) in [6.45, 7) is 0. The average molecular weight is 312 g/mol. The number of hydrazone groups is 1. The topological polar surface area (TPSA) is 99.0 Å². The van der Waals surface area contributed by atoms with Gasteiger partial charge in [0.25, 0.3) is 5.91 Å². The third-order valence-corrected chi connectivity index (χ3v) is 3.10. The van der Waals surface area contributed by atoms with Crippen LogP contribution in [0, 0.1) is 0 Å². The number of rotatable bonds is 6. The predicted octanol–water partition coefficient (Wildman–Crippen LogP) is 2.39. The van der Waals surface area contributed by atoms with Crippen molar-refractivity contribution >= 4 is 17.6 Å². The molecule has 2 aromatic rings. The molecule has 1 amide bonds. The van der Waals surface area contributed by atoms with Crippen LogP contribution in [0.2, 0.25) is 0 Å². The fraction of sp³-hybridized carbons (Fsp3) is 0.118. The number of aliphatic carboxylic acids is 1. The lowest BCUT2D eigenvalue weighted by atomic mass is 10.1. The van der Waals surface area contributed by atoms with Gasteiger partial charge in [-0.1, -0.05) is 30.3 Å². The zero-order valence-electron chi connectivity index (χ0n) is 12.3. The van der Waals surface area contributed by atoms with E-state index >= 15 is 0 Å². The van der Waals surface area contributed by atoms with E-state index in [9.17, 15) is 14.7 Å². The van der Waals surface area contributed by atoms with Crippen molar-refractivity contribution in [3.63, 3.8) is 0 Å². The molecule has 0 aromatic heterocycles. The van der Waals surface area contributed by atoms with Crippen LogP contribution < -0.4 is 5.43 Å². The summed E-state index contributed by atoms with van der Waals surface area (Å²) in [4.78, 5) is 22.8. The molecule has 0 saturated carbocycles. The van der Waals surface area contributed by atoms with Crippen LogP contribution in [0.1, 0.15) is 28.8 Å². The van der Waals surface area contributed by atoms with E-state index in [1.165, 1.54) is 24.3 Å². The van der Waals surface area contributed by atoms with Crippen LogP contribution in [0.25, 0.3) is 0 Å². The molecule has 6 heteroatoms. The molecule has 0 atom stereocenters. The molecular formula is C17H16N2O4. The van der Waals surface area contributed by atoms with E-state index in [0.29, 0.717) is 11.3 Å². The zero-order valence-corrected chi connectivity index (χ0v) is 12.3. The molecule has 6 nitrogen and oxygen atoms in total. The molecule has 0 fully saturated rings. The van der Waals surface area contributed by atoms with Crippen LogP contribution in [0.4, 0.5) is 0 Å². The Labute approximate surface area is 133 Å². The number of benzene rings is 2. The first kappa shape index (κ1) is 16.2. The lowest BCUT2D eigenvalue weighted by Crippen LogP contribution is -2.20. The summed E-state index contributed by atoms with van der Waals surface area (Å²) in [6, 6.07) is 14.8. The highest BCUT2D eigenvalue weighted by Gasteiger charge is 2.09. The number of carboxylic acids is 1. The largest absolute Gasteiger partial charge is 0.508 e. The Hall–Kier alpha value is -3.15. The van der Waals surface area contributed by atoms with Gasteiger partial charge < -0.3 is 10.2 Å². The average Bonchev–Trinajstić information content (AvgIpc) is 2.56. The molecule has 118 valence electrons. The highest BCUT2D eigenvalue weighted by molar-refractivity contribution is 6.03. The maximum absolute atomic E-state index is 12.0. The Balaban J connectivity index is 2.14. The van der Waals surface area contributed by atoms with Gasteiger partial charge in [0, 0.05) is 12.0 Å². The number of amides is 1. The first-order valence-electron chi connectivity index (χ1n) is 6.99. The Morgan fingerprint density at radius 3 is 2.17 bits per heavy atom. The molecule has 2 aromatic carbocycles. The minimum atomic E-state index is -0.932. The molecule has 3 N–H and O–H groups in total.